The summed E-state index contributed by atoms with van der Waals surface area (Å²) in [5, 5.41) is 0. The Bertz CT molecular complexity index is 445. The summed E-state index contributed by atoms with van der Waals surface area (Å²) in [7, 11) is 0. The van der Waals surface area contributed by atoms with E-state index >= 15 is 0 Å². The summed E-state index contributed by atoms with van der Waals surface area (Å²) in [6.45, 7) is 5.79. The number of carbonyl (C=O) groups is 2. The molecule has 1 atom stereocenters. The number of carbonyl (C=O) groups excluding carboxylic acids is 2. The molecule has 0 fully saturated rings. The molecule has 1 rings (SSSR count). The van der Waals surface area contributed by atoms with Crippen LogP contribution in [0.15, 0.2) is 24.3 Å². The molecule has 6 nitrogen and oxygen atoms in total. The summed E-state index contributed by atoms with van der Waals surface area (Å²) in [5.74, 6) is 0.623. The highest BCUT2D eigenvalue weighted by Gasteiger charge is 2.14. The van der Waals surface area contributed by atoms with Gasteiger partial charge in [0.05, 0.1) is 6.61 Å². The number of benzene rings is 1. The fourth-order valence-electron chi connectivity index (χ4n) is 1.36. The highest BCUT2D eigenvalue weighted by Crippen LogP contribution is 2.18. The van der Waals surface area contributed by atoms with Gasteiger partial charge in [0, 0.05) is 6.42 Å². The first-order valence-corrected chi connectivity index (χ1v) is 6.55. The summed E-state index contributed by atoms with van der Waals surface area (Å²) in [6.07, 6.45) is -0.417. The van der Waals surface area contributed by atoms with Crippen LogP contribution in [0.1, 0.15) is 27.2 Å². The van der Waals surface area contributed by atoms with Gasteiger partial charge < -0.3 is 9.47 Å². The first kappa shape index (κ1) is 15.8. The Morgan fingerprint density at radius 2 is 1.70 bits per heavy atom. The fraction of sp³-hybridized carbons (Fsp3) is 0.429. The lowest BCUT2D eigenvalue weighted by Crippen LogP contribution is -2.46. The van der Waals surface area contributed by atoms with Gasteiger partial charge in [-0.1, -0.05) is 6.92 Å². The topological polar surface area (TPSA) is 76.7 Å². The summed E-state index contributed by atoms with van der Waals surface area (Å²) < 4.78 is 10.8. The zero-order valence-corrected chi connectivity index (χ0v) is 11.9. The minimum absolute atomic E-state index is 0.258. The molecule has 110 valence electrons. The van der Waals surface area contributed by atoms with Crippen LogP contribution in [0.3, 0.4) is 0 Å². The number of hydrogen-bond acceptors (Lipinski definition) is 4. The van der Waals surface area contributed by atoms with E-state index in [2.05, 4.69) is 10.9 Å². The molecule has 0 aliphatic rings. The van der Waals surface area contributed by atoms with Crippen molar-refractivity contribution in [3.05, 3.63) is 24.3 Å². The van der Waals surface area contributed by atoms with Crippen molar-refractivity contribution in [3.63, 3.8) is 0 Å². The molecular formula is C14H20N2O4. The van der Waals surface area contributed by atoms with Gasteiger partial charge in [0.15, 0.2) is 6.10 Å². The predicted molar refractivity (Wildman–Crippen MR) is 74.3 cm³/mol. The third-order valence-electron chi connectivity index (χ3n) is 2.46. The van der Waals surface area contributed by atoms with Crippen LogP contribution in [0.5, 0.6) is 11.5 Å². The molecule has 0 bridgehead atoms. The number of nitrogens with one attached hydrogen (secondary N) is 2. The molecule has 0 radical (unpaired) electrons. The van der Waals surface area contributed by atoms with Crippen molar-refractivity contribution in [3.8, 4) is 11.5 Å². The number of rotatable bonds is 6. The predicted octanol–water partition coefficient (Wildman–Crippen LogP) is 1.41. The van der Waals surface area contributed by atoms with E-state index in [1.54, 1.807) is 38.1 Å². The Kier molecular flexibility index (Phi) is 6.36. The summed E-state index contributed by atoms with van der Waals surface area (Å²) in [6, 6.07) is 6.98. The van der Waals surface area contributed by atoms with E-state index in [1.807, 2.05) is 6.92 Å². The van der Waals surface area contributed by atoms with E-state index in [9.17, 15) is 9.59 Å². The summed E-state index contributed by atoms with van der Waals surface area (Å²) in [5.41, 5.74) is 4.58. The SMILES string of the molecule is CCOc1ccc(OC(C)C(=O)NNC(=O)CC)cc1. The van der Waals surface area contributed by atoms with Gasteiger partial charge >= 0.3 is 0 Å². The fourth-order valence-corrected chi connectivity index (χ4v) is 1.36. The molecule has 1 unspecified atom stereocenters. The Morgan fingerprint density at radius 3 is 2.25 bits per heavy atom. The van der Waals surface area contributed by atoms with Gasteiger partial charge in [-0.2, -0.15) is 0 Å². The van der Waals surface area contributed by atoms with E-state index in [1.165, 1.54) is 0 Å². The van der Waals surface area contributed by atoms with Gasteiger partial charge in [-0.25, -0.2) is 0 Å². The molecule has 0 aliphatic carbocycles. The van der Waals surface area contributed by atoms with Gasteiger partial charge in [-0.3, -0.25) is 20.4 Å². The maximum atomic E-state index is 11.7. The third-order valence-corrected chi connectivity index (χ3v) is 2.46. The summed E-state index contributed by atoms with van der Waals surface area (Å²) in [4.78, 5) is 22.7. The summed E-state index contributed by atoms with van der Waals surface area (Å²) >= 11 is 0. The van der Waals surface area contributed by atoms with Crippen LogP contribution in [0.2, 0.25) is 0 Å². The zero-order chi connectivity index (χ0) is 15.0. The number of ether oxygens (including phenoxy) is 2. The van der Waals surface area contributed by atoms with Crippen LogP contribution >= 0.6 is 0 Å². The van der Waals surface area contributed by atoms with Crippen LogP contribution in [0.25, 0.3) is 0 Å². The molecule has 6 heteroatoms. The second-order valence-electron chi connectivity index (χ2n) is 4.06. The van der Waals surface area contributed by atoms with Crippen molar-refractivity contribution < 1.29 is 19.1 Å². The molecule has 0 aliphatic heterocycles. The Morgan fingerprint density at radius 1 is 1.10 bits per heavy atom. The number of amides is 2. The van der Waals surface area contributed by atoms with Gasteiger partial charge in [-0.05, 0) is 38.1 Å². The number of hydrogen-bond donors (Lipinski definition) is 2. The maximum Gasteiger partial charge on any atom is 0.279 e. The second-order valence-corrected chi connectivity index (χ2v) is 4.06. The molecule has 0 heterocycles. The smallest absolute Gasteiger partial charge is 0.279 e. The van der Waals surface area contributed by atoms with Crippen molar-refractivity contribution in [2.24, 2.45) is 0 Å². The minimum Gasteiger partial charge on any atom is -0.494 e. The standard InChI is InChI=1S/C14H20N2O4/c1-4-13(17)15-16-14(18)10(3)20-12-8-6-11(7-9-12)19-5-2/h6-10H,4-5H2,1-3H3,(H,15,17)(H,16,18). The molecule has 1 aromatic rings. The van der Waals surface area contributed by atoms with Crippen molar-refractivity contribution in [2.45, 2.75) is 33.3 Å². The highest BCUT2D eigenvalue weighted by molar-refractivity contribution is 5.84. The Hall–Kier alpha value is -2.24. The van der Waals surface area contributed by atoms with E-state index in [0.29, 0.717) is 18.8 Å². The maximum absolute atomic E-state index is 11.7. The first-order valence-electron chi connectivity index (χ1n) is 6.55. The molecule has 0 saturated heterocycles. The lowest BCUT2D eigenvalue weighted by Gasteiger charge is -2.15. The zero-order valence-electron chi connectivity index (χ0n) is 11.9. The van der Waals surface area contributed by atoms with E-state index in [4.69, 9.17) is 9.47 Å². The molecule has 20 heavy (non-hydrogen) atoms. The van der Waals surface area contributed by atoms with E-state index in [-0.39, 0.29) is 5.91 Å². The Labute approximate surface area is 118 Å². The van der Waals surface area contributed by atoms with Gasteiger partial charge in [-0.15, -0.1) is 0 Å². The average Bonchev–Trinajstić information content (AvgIpc) is 2.46. The normalized spacial score (nSPS) is 11.3. The van der Waals surface area contributed by atoms with Crippen molar-refractivity contribution in [2.75, 3.05) is 6.61 Å². The molecule has 2 N–H and O–H groups in total. The third kappa shape index (κ3) is 5.17. The lowest BCUT2D eigenvalue weighted by atomic mass is 10.3. The molecule has 0 spiro atoms. The van der Waals surface area contributed by atoms with Crippen molar-refractivity contribution in [1.29, 1.82) is 0 Å². The van der Waals surface area contributed by atoms with Crippen molar-refractivity contribution in [1.82, 2.24) is 10.9 Å². The quantitative estimate of drug-likeness (QED) is 0.772. The van der Waals surface area contributed by atoms with Crippen LogP contribution in [0, 0.1) is 0 Å². The van der Waals surface area contributed by atoms with Crippen molar-refractivity contribution >= 4 is 11.8 Å². The molecule has 2 amide bonds. The molecule has 0 aromatic heterocycles. The second kappa shape index (κ2) is 8.04. The molecule has 0 saturated carbocycles. The van der Waals surface area contributed by atoms with Crippen LogP contribution in [0.4, 0.5) is 0 Å². The average molecular weight is 280 g/mol. The van der Waals surface area contributed by atoms with Gasteiger partial charge in [0.2, 0.25) is 5.91 Å². The minimum atomic E-state index is -0.718. The highest BCUT2D eigenvalue weighted by atomic mass is 16.5. The molecular weight excluding hydrogens is 260 g/mol. The number of hydrazine groups is 1. The monoisotopic (exact) mass is 280 g/mol. The van der Waals surface area contributed by atoms with E-state index < -0.39 is 12.0 Å². The van der Waals surface area contributed by atoms with Gasteiger partial charge in [0.1, 0.15) is 11.5 Å². The molecule has 1 aromatic carbocycles. The van der Waals surface area contributed by atoms with Gasteiger partial charge in [0.25, 0.3) is 5.91 Å². The Balaban J connectivity index is 2.46. The first-order chi connectivity index (χ1) is 9.56. The lowest BCUT2D eigenvalue weighted by molar-refractivity contribution is -0.132. The van der Waals surface area contributed by atoms with Crippen LogP contribution < -0.4 is 20.3 Å². The van der Waals surface area contributed by atoms with E-state index in [0.717, 1.165) is 5.75 Å². The largest absolute Gasteiger partial charge is 0.494 e. The van der Waals surface area contributed by atoms with Crippen LogP contribution in [-0.2, 0) is 9.59 Å². The van der Waals surface area contributed by atoms with Crippen LogP contribution in [-0.4, -0.2) is 24.5 Å².